The summed E-state index contributed by atoms with van der Waals surface area (Å²) in [5, 5.41) is 4.42. The molecular weight excluding hydrogens is 332 g/mol. The monoisotopic (exact) mass is 352 g/mol. The predicted molar refractivity (Wildman–Crippen MR) is 88.5 cm³/mol. The topological polar surface area (TPSA) is 85.1 Å². The lowest BCUT2D eigenvalue weighted by molar-refractivity contribution is 0.365. The number of benzene rings is 1. The number of nitrogens with one attached hydrogen (secondary N) is 1. The van der Waals surface area contributed by atoms with Crippen LogP contribution in [0.3, 0.4) is 0 Å². The van der Waals surface area contributed by atoms with E-state index in [-0.39, 0.29) is 6.04 Å². The molecule has 21 heavy (non-hydrogen) atoms. The first kappa shape index (κ1) is 16.0. The molecule has 1 atom stereocenters. The quantitative estimate of drug-likeness (QED) is 0.415. The fourth-order valence-corrected chi connectivity index (χ4v) is 2.75. The number of hydrogen-bond donors (Lipinski definition) is 3. The van der Waals surface area contributed by atoms with E-state index in [1.165, 1.54) is 0 Å². The molecule has 2 rings (SSSR count). The van der Waals surface area contributed by atoms with E-state index in [9.17, 15) is 0 Å². The highest BCUT2D eigenvalue weighted by atomic mass is 79.9. The first-order valence-corrected chi connectivity index (χ1v) is 7.50. The number of aromatic nitrogens is 2. The molecule has 6 nitrogen and oxygen atoms in total. The standard InChI is InChI=1S/C14H21BrN6/c1-20(2)7-8-21-14(11(15)9-18-21)13(19-17)10-5-3-4-6-12(10)16/h3-6,9,13,19H,7-8,16-17H2,1-2H3. The first-order chi connectivity index (χ1) is 10.0. The average Bonchev–Trinajstić information content (AvgIpc) is 2.81. The van der Waals surface area contributed by atoms with Gasteiger partial charge in [0.2, 0.25) is 0 Å². The lowest BCUT2D eigenvalue weighted by atomic mass is 10.0. The van der Waals surface area contributed by atoms with Gasteiger partial charge in [-0.1, -0.05) is 18.2 Å². The third-order valence-corrected chi connectivity index (χ3v) is 3.95. The molecule has 1 heterocycles. The third-order valence-electron chi connectivity index (χ3n) is 3.34. The number of nitrogens with two attached hydrogens (primary N) is 2. The van der Waals surface area contributed by atoms with Crippen molar-refractivity contribution in [2.45, 2.75) is 12.6 Å². The van der Waals surface area contributed by atoms with Gasteiger partial charge in [0.25, 0.3) is 0 Å². The first-order valence-electron chi connectivity index (χ1n) is 6.71. The molecule has 114 valence electrons. The van der Waals surface area contributed by atoms with Crippen molar-refractivity contribution in [1.29, 1.82) is 0 Å². The zero-order valence-electron chi connectivity index (χ0n) is 12.3. The molecule has 1 aromatic carbocycles. The second-order valence-electron chi connectivity index (χ2n) is 5.13. The van der Waals surface area contributed by atoms with E-state index in [1.54, 1.807) is 6.20 Å². The van der Waals surface area contributed by atoms with Crippen molar-refractivity contribution in [3.8, 4) is 0 Å². The Labute approximate surface area is 133 Å². The fraction of sp³-hybridized carbons (Fsp3) is 0.357. The molecule has 0 fully saturated rings. The smallest absolute Gasteiger partial charge is 0.0909 e. The highest BCUT2D eigenvalue weighted by molar-refractivity contribution is 9.10. The molecule has 0 aliphatic carbocycles. The molecule has 0 spiro atoms. The Hall–Kier alpha value is -1.41. The Morgan fingerprint density at radius 2 is 2.10 bits per heavy atom. The largest absolute Gasteiger partial charge is 0.398 e. The van der Waals surface area contributed by atoms with Crippen molar-refractivity contribution in [3.05, 3.63) is 46.2 Å². The van der Waals surface area contributed by atoms with Crippen molar-refractivity contribution in [2.75, 3.05) is 26.4 Å². The lowest BCUT2D eigenvalue weighted by Gasteiger charge is -2.21. The molecule has 0 saturated carbocycles. The predicted octanol–water partition coefficient (Wildman–Crippen LogP) is 1.34. The molecule has 0 aliphatic heterocycles. The van der Waals surface area contributed by atoms with Gasteiger partial charge in [0.1, 0.15) is 0 Å². The van der Waals surface area contributed by atoms with E-state index in [0.717, 1.165) is 28.8 Å². The number of anilines is 1. The summed E-state index contributed by atoms with van der Waals surface area (Å²) < 4.78 is 2.86. The molecule has 5 N–H and O–H groups in total. The van der Waals surface area contributed by atoms with Gasteiger partial charge in [-0.05, 0) is 41.7 Å². The van der Waals surface area contributed by atoms with Crippen molar-refractivity contribution in [3.63, 3.8) is 0 Å². The van der Waals surface area contributed by atoms with E-state index in [1.807, 2.05) is 43.0 Å². The zero-order chi connectivity index (χ0) is 15.4. The van der Waals surface area contributed by atoms with E-state index >= 15 is 0 Å². The second kappa shape index (κ2) is 7.04. The van der Waals surface area contributed by atoms with Gasteiger partial charge >= 0.3 is 0 Å². The van der Waals surface area contributed by atoms with Crippen LogP contribution in [0.1, 0.15) is 17.3 Å². The SMILES string of the molecule is CN(C)CCn1ncc(Br)c1C(NN)c1ccccc1N. The Morgan fingerprint density at radius 3 is 2.71 bits per heavy atom. The van der Waals surface area contributed by atoms with Crippen LogP contribution < -0.4 is 17.0 Å². The highest BCUT2D eigenvalue weighted by Gasteiger charge is 2.22. The number of nitrogen functional groups attached to an aromatic ring is 1. The third kappa shape index (κ3) is 3.62. The van der Waals surface area contributed by atoms with Gasteiger partial charge in [0.15, 0.2) is 0 Å². The maximum atomic E-state index is 6.08. The molecule has 0 saturated heterocycles. The summed E-state index contributed by atoms with van der Waals surface area (Å²) in [5.41, 5.74) is 11.5. The van der Waals surface area contributed by atoms with Gasteiger partial charge in [-0.2, -0.15) is 5.10 Å². The highest BCUT2D eigenvalue weighted by Crippen LogP contribution is 2.30. The summed E-state index contributed by atoms with van der Waals surface area (Å²) in [7, 11) is 4.07. The summed E-state index contributed by atoms with van der Waals surface area (Å²) in [6.45, 7) is 1.67. The number of nitrogens with zero attached hydrogens (tertiary/aromatic N) is 3. The number of hydrogen-bond acceptors (Lipinski definition) is 5. The number of para-hydroxylation sites is 1. The maximum absolute atomic E-state index is 6.08. The van der Waals surface area contributed by atoms with Gasteiger partial charge in [-0.3, -0.25) is 10.5 Å². The Morgan fingerprint density at radius 1 is 1.38 bits per heavy atom. The molecular formula is C14H21BrN6. The normalized spacial score (nSPS) is 12.8. The molecule has 0 radical (unpaired) electrons. The summed E-state index contributed by atoms with van der Waals surface area (Å²) in [4.78, 5) is 2.11. The number of likely N-dealkylation sites (N-methyl/N-ethyl adjacent to an activating group) is 1. The molecule has 0 bridgehead atoms. The number of halogens is 1. The van der Waals surface area contributed by atoms with Crippen LogP contribution in [-0.4, -0.2) is 35.3 Å². The molecule has 1 unspecified atom stereocenters. The minimum absolute atomic E-state index is 0.217. The van der Waals surface area contributed by atoms with Gasteiger partial charge in [-0.15, -0.1) is 0 Å². The molecule has 2 aromatic rings. The molecule has 0 amide bonds. The van der Waals surface area contributed by atoms with Crippen LogP contribution in [-0.2, 0) is 6.54 Å². The van der Waals surface area contributed by atoms with E-state index < -0.39 is 0 Å². The Kier molecular flexibility index (Phi) is 5.35. The van der Waals surface area contributed by atoms with E-state index in [2.05, 4.69) is 31.4 Å². The van der Waals surface area contributed by atoms with Gasteiger partial charge in [-0.25, -0.2) is 5.43 Å². The average molecular weight is 353 g/mol. The number of rotatable bonds is 6. The molecule has 7 heteroatoms. The fourth-order valence-electron chi connectivity index (χ4n) is 2.22. The molecule has 1 aromatic heterocycles. The minimum atomic E-state index is -0.217. The Balaban J connectivity index is 2.38. The van der Waals surface area contributed by atoms with Crippen LogP contribution in [0.2, 0.25) is 0 Å². The minimum Gasteiger partial charge on any atom is -0.398 e. The zero-order valence-corrected chi connectivity index (χ0v) is 13.8. The van der Waals surface area contributed by atoms with Gasteiger partial charge in [0, 0.05) is 12.2 Å². The van der Waals surface area contributed by atoms with Crippen molar-refractivity contribution in [1.82, 2.24) is 20.1 Å². The second-order valence-corrected chi connectivity index (χ2v) is 5.99. The summed E-state index contributed by atoms with van der Waals surface area (Å²) >= 11 is 3.55. The lowest BCUT2D eigenvalue weighted by Crippen LogP contribution is -2.32. The van der Waals surface area contributed by atoms with E-state index in [0.29, 0.717) is 5.69 Å². The van der Waals surface area contributed by atoms with Crippen LogP contribution in [0.5, 0.6) is 0 Å². The summed E-state index contributed by atoms with van der Waals surface area (Å²) in [5.74, 6) is 5.78. The maximum Gasteiger partial charge on any atom is 0.0909 e. The molecule has 0 aliphatic rings. The Bertz CT molecular complexity index is 595. The van der Waals surface area contributed by atoms with E-state index in [4.69, 9.17) is 11.6 Å². The van der Waals surface area contributed by atoms with Gasteiger partial charge in [0.05, 0.1) is 29.0 Å². The van der Waals surface area contributed by atoms with Crippen molar-refractivity contribution in [2.24, 2.45) is 5.84 Å². The number of hydrazine groups is 1. The van der Waals surface area contributed by atoms with Gasteiger partial charge < -0.3 is 10.6 Å². The van der Waals surface area contributed by atoms with Crippen molar-refractivity contribution < 1.29 is 0 Å². The van der Waals surface area contributed by atoms with Crippen molar-refractivity contribution >= 4 is 21.6 Å². The van der Waals surface area contributed by atoms with Crippen LogP contribution in [0.15, 0.2) is 34.9 Å². The summed E-state index contributed by atoms with van der Waals surface area (Å²) in [6.07, 6.45) is 1.79. The van der Waals surface area contributed by atoms with Crippen LogP contribution >= 0.6 is 15.9 Å². The van der Waals surface area contributed by atoms with Crippen LogP contribution in [0, 0.1) is 0 Å². The van der Waals surface area contributed by atoms with Crippen LogP contribution in [0.4, 0.5) is 5.69 Å². The van der Waals surface area contributed by atoms with Crippen LogP contribution in [0.25, 0.3) is 0 Å². The summed E-state index contributed by atoms with van der Waals surface area (Å²) in [6, 6.07) is 7.48.